The van der Waals surface area contributed by atoms with Crippen LogP contribution in [0.3, 0.4) is 0 Å². The van der Waals surface area contributed by atoms with Crippen molar-refractivity contribution in [3.05, 3.63) is 82.2 Å². The van der Waals surface area contributed by atoms with Gasteiger partial charge in [-0.2, -0.15) is 14.1 Å². The highest BCUT2D eigenvalue weighted by Crippen LogP contribution is 2.25. The molecule has 1 aliphatic rings. The number of anilines is 1. The van der Waals surface area contributed by atoms with Crippen molar-refractivity contribution in [1.82, 2.24) is 14.1 Å². The first-order valence-corrected chi connectivity index (χ1v) is 10.9. The molecule has 150 valence electrons. The maximum absolute atomic E-state index is 12.8. The van der Waals surface area contributed by atoms with E-state index in [0.717, 1.165) is 0 Å². The standard InChI is InChI=1S/C20H19ClN4O3S/c21-19-18(15-22-25(20(19)26)16-7-3-1-4-8-16)23-11-13-24(14-12-23)29(27,28)17-9-5-2-6-10-17/h1-10,15H,11-14H2. The highest BCUT2D eigenvalue weighted by Gasteiger charge is 2.29. The summed E-state index contributed by atoms with van der Waals surface area (Å²) in [5.41, 5.74) is 0.736. The molecule has 0 saturated carbocycles. The number of para-hydroxylation sites is 1. The van der Waals surface area contributed by atoms with E-state index in [1.807, 2.05) is 23.1 Å². The molecule has 0 unspecified atom stereocenters. The van der Waals surface area contributed by atoms with Crippen molar-refractivity contribution in [2.24, 2.45) is 0 Å². The van der Waals surface area contributed by atoms with Crippen LogP contribution in [0.5, 0.6) is 0 Å². The van der Waals surface area contributed by atoms with Gasteiger partial charge in [0.2, 0.25) is 10.0 Å². The predicted octanol–water partition coefficient (Wildman–Crippen LogP) is 2.40. The number of nitrogens with zero attached hydrogens (tertiary/aromatic N) is 4. The molecule has 1 fully saturated rings. The highest BCUT2D eigenvalue weighted by atomic mass is 35.5. The summed E-state index contributed by atoms with van der Waals surface area (Å²) >= 11 is 6.36. The van der Waals surface area contributed by atoms with Gasteiger partial charge in [-0.3, -0.25) is 4.79 Å². The van der Waals surface area contributed by atoms with Crippen LogP contribution in [0.25, 0.3) is 5.69 Å². The quantitative estimate of drug-likeness (QED) is 0.635. The fourth-order valence-electron chi connectivity index (χ4n) is 3.31. The lowest BCUT2D eigenvalue weighted by molar-refractivity contribution is 0.384. The Labute approximate surface area is 173 Å². The molecule has 0 bridgehead atoms. The second-order valence-corrected chi connectivity index (χ2v) is 8.92. The number of benzene rings is 2. The minimum atomic E-state index is -3.54. The SMILES string of the molecule is O=c1c(Cl)c(N2CCN(S(=O)(=O)c3ccccc3)CC2)cnn1-c1ccccc1. The van der Waals surface area contributed by atoms with E-state index in [-0.39, 0.29) is 9.92 Å². The number of aromatic nitrogens is 2. The average molecular weight is 431 g/mol. The molecular weight excluding hydrogens is 412 g/mol. The van der Waals surface area contributed by atoms with Crippen LogP contribution in [-0.2, 0) is 10.0 Å². The lowest BCUT2D eigenvalue weighted by Gasteiger charge is -2.35. The van der Waals surface area contributed by atoms with E-state index in [0.29, 0.717) is 37.6 Å². The maximum atomic E-state index is 12.8. The molecule has 4 rings (SSSR count). The number of halogens is 1. The van der Waals surface area contributed by atoms with E-state index < -0.39 is 15.6 Å². The minimum Gasteiger partial charge on any atom is -0.366 e. The Kier molecular flexibility index (Phi) is 5.40. The van der Waals surface area contributed by atoms with Crippen molar-refractivity contribution in [2.45, 2.75) is 4.90 Å². The Morgan fingerprint density at radius 1 is 0.862 bits per heavy atom. The van der Waals surface area contributed by atoms with Gasteiger partial charge in [0.25, 0.3) is 5.56 Å². The summed E-state index contributed by atoms with van der Waals surface area (Å²) in [6.45, 7) is 1.44. The second-order valence-electron chi connectivity index (χ2n) is 6.60. The van der Waals surface area contributed by atoms with Crippen LogP contribution in [0.15, 0.2) is 76.6 Å². The molecule has 0 spiro atoms. The Balaban J connectivity index is 1.54. The first-order chi connectivity index (χ1) is 14.0. The fraction of sp³-hybridized carbons (Fsp3) is 0.200. The van der Waals surface area contributed by atoms with E-state index in [4.69, 9.17) is 11.6 Å². The van der Waals surface area contributed by atoms with E-state index >= 15 is 0 Å². The summed E-state index contributed by atoms with van der Waals surface area (Å²) < 4.78 is 28.2. The van der Waals surface area contributed by atoms with Crippen LogP contribution in [0.2, 0.25) is 5.02 Å². The summed E-state index contributed by atoms with van der Waals surface area (Å²) in [6, 6.07) is 17.4. The van der Waals surface area contributed by atoms with Crippen molar-refractivity contribution in [3.63, 3.8) is 0 Å². The van der Waals surface area contributed by atoms with Crippen molar-refractivity contribution in [3.8, 4) is 5.69 Å². The van der Waals surface area contributed by atoms with Gasteiger partial charge in [0, 0.05) is 26.2 Å². The zero-order chi connectivity index (χ0) is 20.4. The third-order valence-electron chi connectivity index (χ3n) is 4.86. The molecule has 9 heteroatoms. The van der Waals surface area contributed by atoms with Gasteiger partial charge < -0.3 is 4.90 Å². The van der Waals surface area contributed by atoms with E-state index in [2.05, 4.69) is 5.10 Å². The molecular formula is C20H19ClN4O3S. The van der Waals surface area contributed by atoms with E-state index in [1.54, 1.807) is 48.7 Å². The monoisotopic (exact) mass is 430 g/mol. The maximum Gasteiger partial charge on any atom is 0.292 e. The molecule has 2 heterocycles. The molecule has 2 aromatic carbocycles. The van der Waals surface area contributed by atoms with Gasteiger partial charge in [0.05, 0.1) is 22.5 Å². The number of sulfonamides is 1. The Bertz CT molecular complexity index is 1160. The number of rotatable bonds is 4. The molecule has 3 aromatic rings. The minimum absolute atomic E-state index is 0.0724. The van der Waals surface area contributed by atoms with Gasteiger partial charge in [-0.05, 0) is 24.3 Å². The zero-order valence-corrected chi connectivity index (χ0v) is 17.1. The smallest absolute Gasteiger partial charge is 0.292 e. The largest absolute Gasteiger partial charge is 0.366 e. The lowest BCUT2D eigenvalue weighted by Crippen LogP contribution is -2.49. The first-order valence-electron chi connectivity index (χ1n) is 9.12. The van der Waals surface area contributed by atoms with Crippen LogP contribution in [-0.4, -0.2) is 48.7 Å². The summed E-state index contributed by atoms with van der Waals surface area (Å²) in [6.07, 6.45) is 1.55. The van der Waals surface area contributed by atoms with Gasteiger partial charge in [-0.15, -0.1) is 0 Å². The third-order valence-corrected chi connectivity index (χ3v) is 7.13. The molecule has 7 nitrogen and oxygen atoms in total. The van der Waals surface area contributed by atoms with Crippen molar-refractivity contribution < 1.29 is 8.42 Å². The highest BCUT2D eigenvalue weighted by molar-refractivity contribution is 7.89. The topological polar surface area (TPSA) is 75.5 Å². The number of piperazine rings is 1. The molecule has 1 saturated heterocycles. The molecule has 0 atom stereocenters. The van der Waals surface area contributed by atoms with Crippen LogP contribution in [0, 0.1) is 0 Å². The number of hydrogen-bond acceptors (Lipinski definition) is 5. The summed E-state index contributed by atoms with van der Waals surface area (Å²) in [4.78, 5) is 14.8. The third kappa shape index (κ3) is 3.78. The summed E-state index contributed by atoms with van der Waals surface area (Å²) in [5.74, 6) is 0. The molecule has 0 amide bonds. The second kappa shape index (κ2) is 7.98. The van der Waals surface area contributed by atoms with Gasteiger partial charge in [-0.1, -0.05) is 48.0 Å². The van der Waals surface area contributed by atoms with E-state index in [9.17, 15) is 13.2 Å². The van der Waals surface area contributed by atoms with Crippen molar-refractivity contribution in [2.75, 3.05) is 31.1 Å². The number of hydrogen-bond donors (Lipinski definition) is 0. The Morgan fingerprint density at radius 2 is 1.45 bits per heavy atom. The molecule has 1 aromatic heterocycles. The van der Waals surface area contributed by atoms with E-state index in [1.165, 1.54) is 8.99 Å². The molecule has 0 N–H and O–H groups in total. The Hall–Kier alpha value is -2.68. The van der Waals surface area contributed by atoms with Gasteiger partial charge in [-0.25, -0.2) is 8.42 Å². The van der Waals surface area contributed by atoms with Gasteiger partial charge in [0.15, 0.2) is 0 Å². The normalized spacial score (nSPS) is 15.4. The molecule has 1 aliphatic heterocycles. The zero-order valence-electron chi connectivity index (χ0n) is 15.5. The Morgan fingerprint density at radius 3 is 2.07 bits per heavy atom. The van der Waals surface area contributed by atoms with Crippen LogP contribution in [0.1, 0.15) is 0 Å². The van der Waals surface area contributed by atoms with Crippen molar-refractivity contribution in [1.29, 1.82) is 0 Å². The van der Waals surface area contributed by atoms with Crippen LogP contribution < -0.4 is 10.5 Å². The molecule has 0 radical (unpaired) electrons. The first kappa shape index (κ1) is 19.6. The summed E-state index contributed by atoms with van der Waals surface area (Å²) in [7, 11) is -3.54. The predicted molar refractivity (Wildman–Crippen MR) is 112 cm³/mol. The van der Waals surface area contributed by atoms with Crippen LogP contribution in [0.4, 0.5) is 5.69 Å². The lowest BCUT2D eigenvalue weighted by atomic mass is 10.3. The van der Waals surface area contributed by atoms with Gasteiger partial charge >= 0.3 is 0 Å². The molecule has 0 aliphatic carbocycles. The molecule has 29 heavy (non-hydrogen) atoms. The average Bonchev–Trinajstić information content (AvgIpc) is 2.77. The fourth-order valence-corrected chi connectivity index (χ4v) is 5.00. The van der Waals surface area contributed by atoms with Crippen LogP contribution >= 0.6 is 11.6 Å². The van der Waals surface area contributed by atoms with Crippen molar-refractivity contribution >= 4 is 27.3 Å². The summed E-state index contributed by atoms with van der Waals surface area (Å²) in [5, 5.41) is 4.32. The van der Waals surface area contributed by atoms with Gasteiger partial charge in [0.1, 0.15) is 5.02 Å².